The summed E-state index contributed by atoms with van der Waals surface area (Å²) in [4.78, 5) is 21.7. The maximum absolute atomic E-state index is 12.9. The van der Waals surface area contributed by atoms with Crippen LogP contribution in [0, 0.1) is 5.41 Å². The first-order chi connectivity index (χ1) is 5.30. The minimum atomic E-state index is -2.16. The molecule has 0 rings (SSSR count). The van der Waals surface area contributed by atoms with Gasteiger partial charge in [-0.2, -0.15) is 0 Å². The topological polar surface area (TPSA) is 43.4 Å². The van der Waals surface area contributed by atoms with Gasteiger partial charge < -0.3 is 4.74 Å². The van der Waals surface area contributed by atoms with Crippen molar-refractivity contribution in [1.82, 2.24) is 0 Å². The second-order valence-corrected chi connectivity index (χ2v) is 3.50. The number of carbonyl (C=O) groups is 2. The Morgan fingerprint density at radius 1 is 1.33 bits per heavy atom. The number of ketones is 1. The number of rotatable bonds is 2. The number of hydrogen-bond donors (Lipinski definition) is 0. The molecule has 0 fully saturated rings. The fraction of sp³-hybridized carbons (Fsp3) is 0.750. The van der Waals surface area contributed by atoms with Crippen LogP contribution in [0.2, 0.25) is 0 Å². The zero-order valence-electron chi connectivity index (χ0n) is 7.68. The number of methoxy groups -OCH3 is 1. The molecule has 0 saturated heterocycles. The van der Waals surface area contributed by atoms with Crippen LogP contribution in [-0.4, -0.2) is 25.0 Å². The van der Waals surface area contributed by atoms with E-state index in [0.717, 1.165) is 7.11 Å². The summed E-state index contributed by atoms with van der Waals surface area (Å²) in [6.45, 7) is 4.64. The van der Waals surface area contributed by atoms with Gasteiger partial charge in [0.05, 0.1) is 7.11 Å². The van der Waals surface area contributed by atoms with Crippen LogP contribution in [0.15, 0.2) is 0 Å². The summed E-state index contributed by atoms with van der Waals surface area (Å²) < 4.78 is 17.0. The molecule has 0 heterocycles. The third-order valence-corrected chi connectivity index (χ3v) is 1.38. The number of hydrogen-bond acceptors (Lipinski definition) is 3. The molecule has 0 aromatic carbocycles. The highest BCUT2D eigenvalue weighted by Crippen LogP contribution is 2.18. The summed E-state index contributed by atoms with van der Waals surface area (Å²) >= 11 is 0. The molecule has 3 nitrogen and oxygen atoms in total. The van der Waals surface area contributed by atoms with Crippen LogP contribution in [0.1, 0.15) is 20.8 Å². The molecule has 0 N–H and O–H groups in total. The standard InChI is InChI=1S/C8H13FO3/c1-8(2,3)6(10)5(9)7(11)12-4/h5H,1-4H3/t5-/m1/s1. The van der Waals surface area contributed by atoms with E-state index in [1.807, 2.05) is 0 Å². The first-order valence-electron chi connectivity index (χ1n) is 3.57. The first kappa shape index (κ1) is 11.1. The van der Waals surface area contributed by atoms with Gasteiger partial charge in [0.2, 0.25) is 0 Å². The molecule has 0 saturated carbocycles. The third kappa shape index (κ3) is 2.60. The first-order valence-corrected chi connectivity index (χ1v) is 3.57. The van der Waals surface area contributed by atoms with Crippen LogP contribution in [-0.2, 0) is 14.3 Å². The summed E-state index contributed by atoms with van der Waals surface area (Å²) in [6.07, 6.45) is -2.16. The fourth-order valence-electron chi connectivity index (χ4n) is 0.591. The lowest BCUT2D eigenvalue weighted by Gasteiger charge is -2.17. The predicted molar refractivity (Wildman–Crippen MR) is 41.4 cm³/mol. The van der Waals surface area contributed by atoms with Crippen molar-refractivity contribution in [2.75, 3.05) is 7.11 Å². The molecule has 4 heteroatoms. The van der Waals surface area contributed by atoms with Crippen LogP contribution in [0.3, 0.4) is 0 Å². The number of ether oxygens (including phenoxy) is 1. The van der Waals surface area contributed by atoms with Crippen LogP contribution in [0.5, 0.6) is 0 Å². The SMILES string of the molecule is COC(=O)[C@H](F)C(=O)C(C)(C)C. The van der Waals surface area contributed by atoms with E-state index in [0.29, 0.717) is 0 Å². The zero-order valence-corrected chi connectivity index (χ0v) is 7.68. The summed E-state index contributed by atoms with van der Waals surface area (Å²) in [7, 11) is 1.05. The average Bonchev–Trinajstić information content (AvgIpc) is 1.98. The molecule has 70 valence electrons. The number of esters is 1. The largest absolute Gasteiger partial charge is 0.467 e. The average molecular weight is 176 g/mol. The molecule has 0 radical (unpaired) electrons. The van der Waals surface area contributed by atoms with Crippen molar-refractivity contribution in [2.45, 2.75) is 26.9 Å². The Hall–Kier alpha value is -0.930. The van der Waals surface area contributed by atoms with Gasteiger partial charge in [-0.25, -0.2) is 9.18 Å². The Labute approximate surface area is 70.9 Å². The molecular weight excluding hydrogens is 163 g/mol. The molecule has 0 aromatic rings. The minimum Gasteiger partial charge on any atom is -0.467 e. The van der Waals surface area contributed by atoms with Crippen molar-refractivity contribution in [2.24, 2.45) is 5.41 Å². The fourth-order valence-corrected chi connectivity index (χ4v) is 0.591. The van der Waals surface area contributed by atoms with Gasteiger partial charge in [0.15, 0.2) is 5.78 Å². The molecule has 12 heavy (non-hydrogen) atoms. The Morgan fingerprint density at radius 2 is 1.75 bits per heavy atom. The van der Waals surface area contributed by atoms with Crippen LogP contribution in [0.4, 0.5) is 4.39 Å². The van der Waals surface area contributed by atoms with E-state index in [2.05, 4.69) is 4.74 Å². The summed E-state index contributed by atoms with van der Waals surface area (Å²) in [6, 6.07) is 0. The van der Waals surface area contributed by atoms with E-state index in [4.69, 9.17) is 0 Å². The Morgan fingerprint density at radius 3 is 2.00 bits per heavy atom. The molecule has 0 aliphatic rings. The highest BCUT2D eigenvalue weighted by Gasteiger charge is 2.35. The molecule has 0 amide bonds. The van der Waals surface area contributed by atoms with E-state index < -0.39 is 23.3 Å². The van der Waals surface area contributed by atoms with Gasteiger partial charge in [-0.1, -0.05) is 20.8 Å². The number of Topliss-reactive ketones (excluding diaryl/α,β-unsaturated/α-hetero) is 1. The van der Waals surface area contributed by atoms with Crippen molar-refractivity contribution in [3.05, 3.63) is 0 Å². The van der Waals surface area contributed by atoms with Crippen molar-refractivity contribution in [3.63, 3.8) is 0 Å². The van der Waals surface area contributed by atoms with E-state index in [1.165, 1.54) is 0 Å². The van der Waals surface area contributed by atoms with E-state index in [-0.39, 0.29) is 0 Å². The molecule has 0 unspecified atom stereocenters. The highest BCUT2D eigenvalue weighted by molar-refractivity contribution is 6.04. The Bertz CT molecular complexity index is 193. The van der Waals surface area contributed by atoms with Crippen molar-refractivity contribution >= 4 is 11.8 Å². The number of carbonyl (C=O) groups excluding carboxylic acids is 2. The molecule has 0 bridgehead atoms. The quantitative estimate of drug-likeness (QED) is 0.467. The highest BCUT2D eigenvalue weighted by atomic mass is 19.1. The lowest BCUT2D eigenvalue weighted by Crippen LogP contribution is -2.35. The maximum Gasteiger partial charge on any atom is 0.348 e. The van der Waals surface area contributed by atoms with Crippen molar-refractivity contribution in [1.29, 1.82) is 0 Å². The summed E-state index contributed by atoms with van der Waals surface area (Å²) in [5.41, 5.74) is -0.854. The van der Waals surface area contributed by atoms with Crippen molar-refractivity contribution < 1.29 is 18.7 Å². The molecule has 1 atom stereocenters. The van der Waals surface area contributed by atoms with E-state index in [9.17, 15) is 14.0 Å². The Balaban J connectivity index is 4.41. The van der Waals surface area contributed by atoms with Gasteiger partial charge in [0.25, 0.3) is 6.17 Å². The van der Waals surface area contributed by atoms with Gasteiger partial charge in [-0.05, 0) is 0 Å². The van der Waals surface area contributed by atoms with Gasteiger partial charge >= 0.3 is 5.97 Å². The van der Waals surface area contributed by atoms with Gasteiger partial charge in [0, 0.05) is 5.41 Å². The molecule has 0 aromatic heterocycles. The molecule has 0 spiro atoms. The number of halogens is 1. The second-order valence-electron chi connectivity index (χ2n) is 3.50. The zero-order chi connectivity index (χ0) is 9.94. The van der Waals surface area contributed by atoms with Gasteiger partial charge in [-0.3, -0.25) is 4.79 Å². The number of alkyl halides is 1. The molecule has 0 aliphatic carbocycles. The second kappa shape index (κ2) is 3.65. The molecular formula is C8H13FO3. The van der Waals surface area contributed by atoms with Crippen LogP contribution < -0.4 is 0 Å². The van der Waals surface area contributed by atoms with E-state index in [1.54, 1.807) is 20.8 Å². The van der Waals surface area contributed by atoms with Crippen molar-refractivity contribution in [3.8, 4) is 0 Å². The maximum atomic E-state index is 12.9. The van der Waals surface area contributed by atoms with Crippen LogP contribution >= 0.6 is 0 Å². The minimum absolute atomic E-state index is 0.755. The van der Waals surface area contributed by atoms with Gasteiger partial charge in [0.1, 0.15) is 0 Å². The lowest BCUT2D eigenvalue weighted by atomic mass is 9.88. The normalized spacial score (nSPS) is 13.8. The summed E-state index contributed by atoms with van der Waals surface area (Å²) in [5, 5.41) is 0. The smallest absolute Gasteiger partial charge is 0.348 e. The lowest BCUT2D eigenvalue weighted by molar-refractivity contribution is -0.153. The van der Waals surface area contributed by atoms with Gasteiger partial charge in [-0.15, -0.1) is 0 Å². The third-order valence-electron chi connectivity index (χ3n) is 1.38. The molecule has 0 aliphatic heterocycles. The van der Waals surface area contributed by atoms with E-state index >= 15 is 0 Å². The Kier molecular flexibility index (Phi) is 3.36. The van der Waals surface area contributed by atoms with Crippen LogP contribution in [0.25, 0.3) is 0 Å². The monoisotopic (exact) mass is 176 g/mol. The summed E-state index contributed by atoms with van der Waals surface area (Å²) in [5.74, 6) is -1.88. The predicted octanol–water partition coefficient (Wildman–Crippen LogP) is 1.11.